The molecule has 0 aromatic heterocycles. The molecule has 0 rings (SSSR count). The summed E-state index contributed by atoms with van der Waals surface area (Å²) in [7, 11) is 0. The Morgan fingerprint density at radius 2 is 0.712 bits per heavy atom. The molecule has 0 bridgehead atoms. The van der Waals surface area contributed by atoms with Gasteiger partial charge in [-0.2, -0.15) is 0 Å². The Labute approximate surface area is 412 Å². The molecule has 0 aliphatic heterocycles. The number of hydrogen-bond acceptors (Lipinski definition) is 5. The van der Waals surface area contributed by atoms with Crippen molar-refractivity contribution in [1.82, 2.24) is 5.32 Å². The fourth-order valence-electron chi connectivity index (χ4n) is 9.46. The zero-order valence-electron chi connectivity index (χ0n) is 44.7. The van der Waals surface area contributed by atoms with Crippen LogP contribution in [0.2, 0.25) is 0 Å². The van der Waals surface area contributed by atoms with Crippen LogP contribution in [0.4, 0.5) is 0 Å². The molecule has 0 aliphatic rings. The number of esters is 1. The predicted molar refractivity (Wildman–Crippen MR) is 287 cm³/mol. The van der Waals surface area contributed by atoms with Crippen LogP contribution in [0.3, 0.4) is 0 Å². The van der Waals surface area contributed by atoms with E-state index in [-0.39, 0.29) is 18.5 Å². The lowest BCUT2D eigenvalue weighted by Crippen LogP contribution is -2.45. The molecule has 1 amide bonds. The summed E-state index contributed by atoms with van der Waals surface area (Å²) in [6.45, 7) is 4.94. The monoisotopic (exact) mass is 932 g/mol. The van der Waals surface area contributed by atoms with Gasteiger partial charge in [0.15, 0.2) is 0 Å². The summed E-state index contributed by atoms with van der Waals surface area (Å²) in [5, 5.41) is 23.3. The molecule has 0 saturated carbocycles. The molecule has 0 heterocycles. The van der Waals surface area contributed by atoms with Crippen molar-refractivity contribution in [3.8, 4) is 0 Å². The Morgan fingerprint density at radius 1 is 0.409 bits per heavy atom. The SMILES string of the molecule is CCCCCCCCCCCCCCCCCCCCCCCC(O)C(CO)NC(=O)CCCCCCCCC/C=C\CCCCCCOC(=O)CCCCCCCCCCCCCCC. The summed E-state index contributed by atoms with van der Waals surface area (Å²) in [6.07, 6.45) is 66.3. The van der Waals surface area contributed by atoms with E-state index >= 15 is 0 Å². The second kappa shape index (κ2) is 56.2. The van der Waals surface area contributed by atoms with Crippen LogP contribution in [0.5, 0.6) is 0 Å². The van der Waals surface area contributed by atoms with Crippen molar-refractivity contribution in [1.29, 1.82) is 0 Å². The van der Waals surface area contributed by atoms with Crippen molar-refractivity contribution in [2.75, 3.05) is 13.2 Å². The number of aliphatic hydroxyl groups excluding tert-OH is 2. The molecule has 6 nitrogen and oxygen atoms in total. The maximum absolute atomic E-state index is 12.5. The van der Waals surface area contributed by atoms with Crippen molar-refractivity contribution < 1.29 is 24.5 Å². The van der Waals surface area contributed by atoms with Gasteiger partial charge in [-0.3, -0.25) is 9.59 Å². The first-order valence-electron chi connectivity index (χ1n) is 29.9. The van der Waals surface area contributed by atoms with Gasteiger partial charge in [0, 0.05) is 12.8 Å². The quantitative estimate of drug-likeness (QED) is 0.0321. The van der Waals surface area contributed by atoms with Crippen molar-refractivity contribution in [2.24, 2.45) is 0 Å². The van der Waals surface area contributed by atoms with Gasteiger partial charge in [-0.05, 0) is 51.4 Å². The van der Waals surface area contributed by atoms with Gasteiger partial charge < -0.3 is 20.3 Å². The van der Waals surface area contributed by atoms with E-state index in [2.05, 4.69) is 31.3 Å². The van der Waals surface area contributed by atoms with Gasteiger partial charge in [0.2, 0.25) is 5.91 Å². The van der Waals surface area contributed by atoms with Crippen LogP contribution >= 0.6 is 0 Å². The maximum Gasteiger partial charge on any atom is 0.305 e. The third-order valence-electron chi connectivity index (χ3n) is 14.1. The molecule has 0 aromatic carbocycles. The second-order valence-corrected chi connectivity index (χ2v) is 20.7. The number of rotatable bonds is 56. The largest absolute Gasteiger partial charge is 0.466 e. The standard InChI is InChI=1S/C60H117NO5/c1-3-5-7-9-11-13-15-17-18-19-20-21-22-23-25-29-32-36-40-44-48-52-58(63)57(56-62)61-59(64)53-49-45-41-37-33-30-26-24-27-31-35-39-43-47-51-55-66-60(65)54-50-46-42-38-34-28-16-14-12-10-8-6-4-2/h27,31,57-58,62-63H,3-26,28-30,32-56H2,1-2H3,(H,61,64)/b31-27-. The molecule has 0 aliphatic carbocycles. The number of carbonyl (C=O) groups excluding carboxylic acids is 2. The highest BCUT2D eigenvalue weighted by atomic mass is 16.5. The lowest BCUT2D eigenvalue weighted by molar-refractivity contribution is -0.143. The molecule has 2 atom stereocenters. The Kier molecular flexibility index (Phi) is 55.0. The van der Waals surface area contributed by atoms with Gasteiger partial charge in [-0.1, -0.05) is 283 Å². The third-order valence-corrected chi connectivity index (χ3v) is 14.1. The number of unbranched alkanes of at least 4 members (excludes halogenated alkanes) is 43. The molecule has 0 spiro atoms. The van der Waals surface area contributed by atoms with Gasteiger partial charge in [0.05, 0.1) is 25.4 Å². The van der Waals surface area contributed by atoms with Crippen LogP contribution in [-0.2, 0) is 14.3 Å². The normalized spacial score (nSPS) is 12.6. The number of hydrogen-bond donors (Lipinski definition) is 3. The Balaban J connectivity index is 3.46. The van der Waals surface area contributed by atoms with Crippen molar-refractivity contribution in [3.63, 3.8) is 0 Å². The smallest absolute Gasteiger partial charge is 0.305 e. The third kappa shape index (κ3) is 52.0. The van der Waals surface area contributed by atoms with E-state index in [9.17, 15) is 19.8 Å². The van der Waals surface area contributed by atoms with Crippen molar-refractivity contribution in [3.05, 3.63) is 12.2 Å². The molecule has 0 fully saturated rings. The minimum atomic E-state index is -0.674. The summed E-state index contributed by atoms with van der Waals surface area (Å²) in [5.74, 6) is -0.0541. The zero-order valence-corrected chi connectivity index (χ0v) is 44.7. The highest BCUT2D eigenvalue weighted by molar-refractivity contribution is 5.76. The van der Waals surface area contributed by atoms with Crippen LogP contribution in [0.15, 0.2) is 12.2 Å². The minimum absolute atomic E-state index is 0.00758. The van der Waals surface area contributed by atoms with Crippen LogP contribution < -0.4 is 5.32 Å². The van der Waals surface area contributed by atoms with E-state index in [4.69, 9.17) is 4.74 Å². The first-order chi connectivity index (χ1) is 32.5. The molecular weight excluding hydrogens is 815 g/mol. The van der Waals surface area contributed by atoms with E-state index in [0.717, 1.165) is 70.6 Å². The first-order valence-corrected chi connectivity index (χ1v) is 29.9. The van der Waals surface area contributed by atoms with Crippen LogP contribution in [-0.4, -0.2) is 47.4 Å². The van der Waals surface area contributed by atoms with Crippen LogP contribution in [0.25, 0.3) is 0 Å². The van der Waals surface area contributed by atoms with E-state index in [1.54, 1.807) is 0 Å². The van der Waals surface area contributed by atoms with Crippen LogP contribution in [0.1, 0.15) is 335 Å². The first kappa shape index (κ1) is 64.6. The maximum atomic E-state index is 12.5. The van der Waals surface area contributed by atoms with Crippen molar-refractivity contribution >= 4 is 11.9 Å². The molecule has 0 aromatic rings. The van der Waals surface area contributed by atoms with Gasteiger partial charge in [-0.25, -0.2) is 0 Å². The van der Waals surface area contributed by atoms with Gasteiger partial charge in [-0.15, -0.1) is 0 Å². The lowest BCUT2D eigenvalue weighted by Gasteiger charge is -2.22. The molecule has 0 radical (unpaired) electrons. The Morgan fingerprint density at radius 3 is 1.08 bits per heavy atom. The number of ether oxygens (including phenoxy) is 1. The summed E-state index contributed by atoms with van der Waals surface area (Å²) in [4.78, 5) is 24.5. The zero-order chi connectivity index (χ0) is 47.9. The fraction of sp³-hybridized carbons (Fsp3) is 0.933. The Hall–Kier alpha value is -1.40. The number of carbonyl (C=O) groups is 2. The van der Waals surface area contributed by atoms with E-state index < -0.39 is 12.1 Å². The number of allylic oxidation sites excluding steroid dienone is 2. The number of amides is 1. The molecule has 0 saturated heterocycles. The molecule has 6 heteroatoms. The highest BCUT2D eigenvalue weighted by Gasteiger charge is 2.20. The van der Waals surface area contributed by atoms with Crippen molar-refractivity contribution in [2.45, 2.75) is 347 Å². The van der Waals surface area contributed by atoms with Gasteiger partial charge in [0.1, 0.15) is 0 Å². The van der Waals surface area contributed by atoms with Crippen LogP contribution in [0, 0.1) is 0 Å². The fourth-order valence-corrected chi connectivity index (χ4v) is 9.46. The topological polar surface area (TPSA) is 95.9 Å². The summed E-state index contributed by atoms with van der Waals surface area (Å²) in [6, 6.07) is -0.553. The molecule has 2 unspecified atom stereocenters. The summed E-state index contributed by atoms with van der Waals surface area (Å²) in [5.41, 5.74) is 0. The van der Waals surface area contributed by atoms with E-state index in [0.29, 0.717) is 25.9 Å². The molecule has 66 heavy (non-hydrogen) atoms. The predicted octanol–water partition coefficient (Wildman–Crippen LogP) is 18.5. The minimum Gasteiger partial charge on any atom is -0.466 e. The molecule has 392 valence electrons. The summed E-state index contributed by atoms with van der Waals surface area (Å²) < 4.78 is 5.46. The number of aliphatic hydroxyl groups is 2. The highest BCUT2D eigenvalue weighted by Crippen LogP contribution is 2.18. The molecular formula is C60H117NO5. The molecule has 3 N–H and O–H groups in total. The van der Waals surface area contributed by atoms with E-state index in [1.807, 2.05) is 0 Å². The lowest BCUT2D eigenvalue weighted by atomic mass is 10.0. The van der Waals surface area contributed by atoms with Gasteiger partial charge >= 0.3 is 5.97 Å². The average molecular weight is 933 g/mol. The van der Waals surface area contributed by atoms with E-state index in [1.165, 1.54) is 231 Å². The van der Waals surface area contributed by atoms with Gasteiger partial charge in [0.25, 0.3) is 0 Å². The Bertz CT molecular complexity index is 986. The number of nitrogens with one attached hydrogen (secondary N) is 1. The average Bonchev–Trinajstić information content (AvgIpc) is 3.32. The summed E-state index contributed by atoms with van der Waals surface area (Å²) >= 11 is 0. The second-order valence-electron chi connectivity index (χ2n) is 20.7.